The van der Waals surface area contributed by atoms with Gasteiger partial charge >= 0.3 is 6.03 Å². The third-order valence-corrected chi connectivity index (χ3v) is 4.42. The lowest BCUT2D eigenvalue weighted by atomic mass is 10.1. The summed E-state index contributed by atoms with van der Waals surface area (Å²) in [6, 6.07) is 12.3. The van der Waals surface area contributed by atoms with Crippen molar-refractivity contribution >= 4 is 6.03 Å². The summed E-state index contributed by atoms with van der Waals surface area (Å²) < 4.78 is 13.7. The zero-order chi connectivity index (χ0) is 16.9. The van der Waals surface area contributed by atoms with Crippen LogP contribution in [0.2, 0.25) is 0 Å². The second kappa shape index (κ2) is 7.45. The maximum atomic E-state index is 13.7. The van der Waals surface area contributed by atoms with Gasteiger partial charge in [0, 0.05) is 6.54 Å². The maximum absolute atomic E-state index is 13.7. The van der Waals surface area contributed by atoms with Gasteiger partial charge in [-0.3, -0.25) is 0 Å². The second-order valence-corrected chi connectivity index (χ2v) is 6.02. The molecule has 2 aromatic carbocycles. The molecule has 0 saturated heterocycles. The molecule has 126 valence electrons. The number of urea groups is 1. The maximum Gasteiger partial charge on any atom is 0.315 e. The fraction of sp³-hybridized carbons (Fsp3) is 0.316. The lowest BCUT2D eigenvalue weighted by Crippen LogP contribution is -2.38. The molecule has 2 aromatic rings. The fourth-order valence-electron chi connectivity index (χ4n) is 3.10. The van der Waals surface area contributed by atoms with Crippen LogP contribution >= 0.6 is 0 Å². The number of benzene rings is 2. The van der Waals surface area contributed by atoms with Gasteiger partial charge in [-0.1, -0.05) is 36.4 Å². The first-order chi connectivity index (χ1) is 11.7. The monoisotopic (exact) mass is 328 g/mol. The van der Waals surface area contributed by atoms with Gasteiger partial charge in [-0.25, -0.2) is 9.18 Å². The summed E-state index contributed by atoms with van der Waals surface area (Å²) in [5, 5.41) is 14.8. The molecule has 0 spiro atoms. The van der Waals surface area contributed by atoms with Crippen molar-refractivity contribution in [2.75, 3.05) is 6.54 Å². The highest BCUT2D eigenvalue weighted by Gasteiger charge is 2.25. The first-order valence-corrected chi connectivity index (χ1v) is 8.17. The number of hydrogen-bond donors (Lipinski definition) is 3. The van der Waals surface area contributed by atoms with Crippen LogP contribution in [0.4, 0.5) is 9.18 Å². The Kier molecular flexibility index (Phi) is 5.11. The van der Waals surface area contributed by atoms with E-state index in [2.05, 4.69) is 10.6 Å². The summed E-state index contributed by atoms with van der Waals surface area (Å²) in [7, 11) is 0. The summed E-state index contributed by atoms with van der Waals surface area (Å²) >= 11 is 0. The standard InChI is InChI=1S/C19H21FN2O2/c20-17-3-1-2-16-15(17)8-9-18(16)22-19(24)21-11-10-13-4-6-14(12-23)7-5-13/h1-7,18,23H,8-12H2,(H2,21,22,24). The lowest BCUT2D eigenvalue weighted by molar-refractivity contribution is 0.237. The van der Waals surface area contributed by atoms with Gasteiger partial charge in [0.25, 0.3) is 0 Å². The number of hydrogen-bond acceptors (Lipinski definition) is 2. The van der Waals surface area contributed by atoms with Gasteiger partial charge in [0.15, 0.2) is 0 Å². The Bertz CT molecular complexity index is 716. The van der Waals surface area contributed by atoms with Gasteiger partial charge in [-0.15, -0.1) is 0 Å². The molecule has 0 saturated carbocycles. The van der Waals surface area contributed by atoms with E-state index in [1.54, 1.807) is 6.07 Å². The highest BCUT2D eigenvalue weighted by atomic mass is 19.1. The van der Waals surface area contributed by atoms with E-state index in [0.29, 0.717) is 18.5 Å². The number of halogens is 1. The molecule has 24 heavy (non-hydrogen) atoms. The van der Waals surface area contributed by atoms with Crippen molar-refractivity contribution in [2.45, 2.75) is 31.9 Å². The Labute approximate surface area is 140 Å². The Morgan fingerprint density at radius 1 is 1.17 bits per heavy atom. The minimum Gasteiger partial charge on any atom is -0.392 e. The second-order valence-electron chi connectivity index (χ2n) is 6.02. The zero-order valence-corrected chi connectivity index (χ0v) is 13.4. The van der Waals surface area contributed by atoms with Gasteiger partial charge in [-0.2, -0.15) is 0 Å². The van der Waals surface area contributed by atoms with Crippen molar-refractivity contribution in [1.82, 2.24) is 10.6 Å². The van der Waals surface area contributed by atoms with Gasteiger partial charge in [-0.05, 0) is 47.6 Å². The molecular weight excluding hydrogens is 307 g/mol. The number of carbonyl (C=O) groups is 1. The van der Waals surface area contributed by atoms with Gasteiger partial charge < -0.3 is 15.7 Å². The number of aliphatic hydroxyl groups is 1. The van der Waals surface area contributed by atoms with Crippen LogP contribution in [0.15, 0.2) is 42.5 Å². The first kappa shape index (κ1) is 16.5. The topological polar surface area (TPSA) is 61.4 Å². The van der Waals surface area contributed by atoms with Gasteiger partial charge in [0.1, 0.15) is 5.82 Å². The third kappa shape index (κ3) is 3.74. The highest BCUT2D eigenvalue weighted by Crippen LogP contribution is 2.32. The van der Waals surface area contributed by atoms with Gasteiger partial charge in [0.05, 0.1) is 12.6 Å². The molecule has 1 aliphatic rings. The van der Waals surface area contributed by atoms with Crippen molar-refractivity contribution < 1.29 is 14.3 Å². The summed E-state index contributed by atoms with van der Waals surface area (Å²) in [5.74, 6) is -0.191. The predicted molar refractivity (Wildman–Crippen MR) is 90.1 cm³/mol. The van der Waals surface area contributed by atoms with Crippen molar-refractivity contribution in [3.63, 3.8) is 0 Å². The summed E-state index contributed by atoms with van der Waals surface area (Å²) in [4.78, 5) is 12.0. The van der Waals surface area contributed by atoms with Crippen molar-refractivity contribution in [3.8, 4) is 0 Å². The quantitative estimate of drug-likeness (QED) is 0.790. The molecule has 1 atom stereocenters. The minimum atomic E-state index is -0.232. The normalized spacial score (nSPS) is 15.8. The molecule has 0 fully saturated rings. The number of rotatable bonds is 5. The van der Waals surface area contributed by atoms with Crippen LogP contribution in [0.1, 0.15) is 34.7 Å². The van der Waals surface area contributed by atoms with Crippen LogP contribution in [-0.4, -0.2) is 17.7 Å². The zero-order valence-electron chi connectivity index (χ0n) is 13.4. The first-order valence-electron chi connectivity index (χ1n) is 8.17. The Hall–Kier alpha value is -2.40. The highest BCUT2D eigenvalue weighted by molar-refractivity contribution is 5.74. The van der Waals surface area contributed by atoms with E-state index in [1.807, 2.05) is 30.3 Å². The Morgan fingerprint density at radius 3 is 2.67 bits per heavy atom. The Balaban J connectivity index is 1.48. The van der Waals surface area contributed by atoms with Crippen LogP contribution in [-0.2, 0) is 19.4 Å². The van der Waals surface area contributed by atoms with Crippen LogP contribution < -0.4 is 10.6 Å². The molecule has 1 aliphatic carbocycles. The molecule has 1 unspecified atom stereocenters. The predicted octanol–water partition coefficient (Wildman–Crippen LogP) is 2.85. The van der Waals surface area contributed by atoms with E-state index in [0.717, 1.165) is 29.5 Å². The van der Waals surface area contributed by atoms with Crippen molar-refractivity contribution in [3.05, 3.63) is 70.5 Å². The van der Waals surface area contributed by atoms with Crippen LogP contribution in [0.25, 0.3) is 0 Å². The smallest absolute Gasteiger partial charge is 0.315 e. The molecule has 0 radical (unpaired) electrons. The van der Waals surface area contributed by atoms with Crippen molar-refractivity contribution in [1.29, 1.82) is 0 Å². The molecular formula is C19H21FN2O2. The number of nitrogens with one attached hydrogen (secondary N) is 2. The summed E-state index contributed by atoms with van der Waals surface area (Å²) in [6.07, 6.45) is 2.10. The van der Waals surface area contributed by atoms with E-state index >= 15 is 0 Å². The Morgan fingerprint density at radius 2 is 1.92 bits per heavy atom. The molecule has 0 aromatic heterocycles. The van der Waals surface area contributed by atoms with Crippen LogP contribution in [0.3, 0.4) is 0 Å². The van der Waals surface area contributed by atoms with Gasteiger partial charge in [0.2, 0.25) is 0 Å². The SMILES string of the molecule is O=C(NCCc1ccc(CO)cc1)NC1CCc2c(F)cccc21. The molecule has 5 heteroatoms. The molecule has 4 nitrogen and oxygen atoms in total. The van der Waals surface area contributed by atoms with E-state index in [1.165, 1.54) is 6.07 Å². The third-order valence-electron chi connectivity index (χ3n) is 4.42. The van der Waals surface area contributed by atoms with Crippen LogP contribution in [0.5, 0.6) is 0 Å². The number of aliphatic hydroxyl groups excluding tert-OH is 1. The number of amides is 2. The molecule has 0 bridgehead atoms. The lowest BCUT2D eigenvalue weighted by Gasteiger charge is -2.15. The van der Waals surface area contributed by atoms with E-state index < -0.39 is 0 Å². The molecule has 3 rings (SSSR count). The fourth-order valence-corrected chi connectivity index (χ4v) is 3.10. The molecule has 2 amide bonds. The van der Waals surface area contributed by atoms with Crippen molar-refractivity contribution in [2.24, 2.45) is 0 Å². The largest absolute Gasteiger partial charge is 0.392 e. The summed E-state index contributed by atoms with van der Waals surface area (Å²) in [5.41, 5.74) is 3.56. The molecule has 0 heterocycles. The molecule has 3 N–H and O–H groups in total. The summed E-state index contributed by atoms with van der Waals surface area (Å²) in [6.45, 7) is 0.553. The number of fused-ring (bicyclic) bond motifs is 1. The molecule has 0 aliphatic heterocycles. The van der Waals surface area contributed by atoms with E-state index in [9.17, 15) is 9.18 Å². The average molecular weight is 328 g/mol. The van der Waals surface area contributed by atoms with E-state index in [-0.39, 0.29) is 24.5 Å². The van der Waals surface area contributed by atoms with Crippen LogP contribution in [0, 0.1) is 5.82 Å². The number of carbonyl (C=O) groups excluding carboxylic acids is 1. The van der Waals surface area contributed by atoms with E-state index in [4.69, 9.17) is 5.11 Å². The average Bonchev–Trinajstić information content (AvgIpc) is 3.00. The minimum absolute atomic E-state index is 0.0321.